The van der Waals surface area contributed by atoms with Gasteiger partial charge < -0.3 is 19.2 Å². The summed E-state index contributed by atoms with van der Waals surface area (Å²) in [5, 5.41) is 2.56. The van der Waals surface area contributed by atoms with Gasteiger partial charge in [-0.3, -0.25) is 4.79 Å². The summed E-state index contributed by atoms with van der Waals surface area (Å²) in [5.41, 5.74) is 0.899. The van der Waals surface area contributed by atoms with Gasteiger partial charge in [-0.1, -0.05) is 0 Å². The minimum absolute atomic E-state index is 0.0751. The number of benzene rings is 1. The number of hydrogen-bond donors (Lipinski definition) is 1. The summed E-state index contributed by atoms with van der Waals surface area (Å²) < 4.78 is 52.0. The molecule has 0 atom stereocenters. The van der Waals surface area contributed by atoms with Crippen molar-refractivity contribution < 1.29 is 31.9 Å². The average molecular weight is 344 g/mol. The number of nitrogens with one attached hydrogen (secondary N) is 1. The number of carbonyl (C=O) groups is 1. The van der Waals surface area contributed by atoms with Crippen LogP contribution in [-0.4, -0.2) is 30.8 Å². The molecule has 1 aromatic carbocycles. The van der Waals surface area contributed by atoms with Crippen LogP contribution < -0.4 is 14.8 Å². The van der Waals surface area contributed by atoms with E-state index in [1.54, 1.807) is 6.07 Å². The zero-order valence-electron chi connectivity index (χ0n) is 12.9. The van der Waals surface area contributed by atoms with Gasteiger partial charge in [0.2, 0.25) is 11.8 Å². The minimum atomic E-state index is -4.46. The maximum Gasteiger partial charge on any atom is 0.422 e. The number of carbonyl (C=O) groups excluding carboxylic acids is 1. The van der Waals surface area contributed by atoms with Crippen LogP contribution in [0.25, 0.3) is 11.5 Å². The molecule has 0 aliphatic rings. The molecule has 0 spiro atoms. The highest BCUT2D eigenvalue weighted by atomic mass is 19.4. The van der Waals surface area contributed by atoms with Gasteiger partial charge in [-0.2, -0.15) is 13.2 Å². The first-order valence-corrected chi connectivity index (χ1v) is 6.85. The van der Waals surface area contributed by atoms with Crippen LogP contribution >= 0.6 is 0 Å². The number of nitrogens with zero attached hydrogens (tertiary/aromatic N) is 1. The molecule has 0 bridgehead atoms. The van der Waals surface area contributed by atoms with Crippen molar-refractivity contribution in [3.63, 3.8) is 0 Å². The molecule has 130 valence electrons. The third-order valence-electron chi connectivity index (χ3n) is 2.87. The van der Waals surface area contributed by atoms with Crippen molar-refractivity contribution in [2.75, 3.05) is 13.7 Å². The number of amides is 1. The van der Waals surface area contributed by atoms with Crippen LogP contribution in [0.1, 0.15) is 12.6 Å². The molecule has 0 saturated heterocycles. The Morgan fingerprint density at radius 2 is 2.08 bits per heavy atom. The maximum atomic E-state index is 12.3. The Hall–Kier alpha value is -2.71. The first-order chi connectivity index (χ1) is 11.3. The highest BCUT2D eigenvalue weighted by Crippen LogP contribution is 2.33. The number of methoxy groups -OCH3 is 1. The predicted octanol–water partition coefficient (Wildman–Crippen LogP) is 2.93. The molecular formula is C15H15F3N2O4. The molecule has 1 heterocycles. The van der Waals surface area contributed by atoms with Crippen molar-refractivity contribution in [1.82, 2.24) is 10.3 Å². The second-order valence-electron chi connectivity index (χ2n) is 4.82. The molecular weight excluding hydrogens is 329 g/mol. The van der Waals surface area contributed by atoms with Crippen LogP contribution in [0, 0.1) is 0 Å². The highest BCUT2D eigenvalue weighted by Gasteiger charge is 2.29. The molecule has 1 N–H and O–H groups in total. The fraction of sp³-hybridized carbons (Fsp3) is 0.333. The van der Waals surface area contributed by atoms with Gasteiger partial charge >= 0.3 is 6.18 Å². The molecule has 24 heavy (non-hydrogen) atoms. The fourth-order valence-corrected chi connectivity index (χ4v) is 1.82. The van der Waals surface area contributed by atoms with E-state index in [0.29, 0.717) is 11.3 Å². The predicted molar refractivity (Wildman–Crippen MR) is 77.6 cm³/mol. The lowest BCUT2D eigenvalue weighted by Gasteiger charge is -2.13. The topological polar surface area (TPSA) is 73.6 Å². The lowest BCUT2D eigenvalue weighted by Crippen LogP contribution is -2.19. The van der Waals surface area contributed by atoms with Gasteiger partial charge in [-0.15, -0.1) is 0 Å². The van der Waals surface area contributed by atoms with E-state index in [9.17, 15) is 18.0 Å². The van der Waals surface area contributed by atoms with Gasteiger partial charge in [0.05, 0.1) is 19.3 Å². The summed E-state index contributed by atoms with van der Waals surface area (Å²) in [4.78, 5) is 15.0. The summed E-state index contributed by atoms with van der Waals surface area (Å²) >= 11 is 0. The second kappa shape index (κ2) is 7.24. The summed E-state index contributed by atoms with van der Waals surface area (Å²) in [7, 11) is 1.33. The van der Waals surface area contributed by atoms with Crippen molar-refractivity contribution >= 4 is 5.91 Å². The molecule has 2 aromatic rings. The van der Waals surface area contributed by atoms with Crippen molar-refractivity contribution in [2.45, 2.75) is 19.6 Å². The standard InChI is InChI=1S/C15H15F3N2O4/c1-9(21)19-6-11-7-23-14(20-11)10-3-4-12(22-2)13(5-10)24-8-15(16,17)18/h3-5,7H,6,8H2,1-2H3,(H,19,21). The molecule has 6 nitrogen and oxygen atoms in total. The highest BCUT2D eigenvalue weighted by molar-refractivity contribution is 5.72. The molecule has 2 rings (SSSR count). The van der Waals surface area contributed by atoms with E-state index in [0.717, 1.165) is 0 Å². The molecule has 0 unspecified atom stereocenters. The van der Waals surface area contributed by atoms with E-state index < -0.39 is 12.8 Å². The van der Waals surface area contributed by atoms with Gasteiger partial charge in [0.15, 0.2) is 18.1 Å². The molecule has 9 heteroatoms. The Morgan fingerprint density at radius 3 is 2.71 bits per heavy atom. The van der Waals surface area contributed by atoms with E-state index in [1.165, 1.54) is 32.4 Å². The van der Waals surface area contributed by atoms with Gasteiger partial charge in [0.1, 0.15) is 6.26 Å². The number of halogens is 3. The Morgan fingerprint density at radius 1 is 1.33 bits per heavy atom. The zero-order valence-corrected chi connectivity index (χ0v) is 12.9. The van der Waals surface area contributed by atoms with Gasteiger partial charge in [0.25, 0.3) is 0 Å². The maximum absolute atomic E-state index is 12.3. The van der Waals surface area contributed by atoms with Crippen LogP contribution in [-0.2, 0) is 11.3 Å². The Balaban J connectivity index is 2.20. The molecule has 1 amide bonds. The lowest BCUT2D eigenvalue weighted by atomic mass is 10.2. The fourth-order valence-electron chi connectivity index (χ4n) is 1.82. The quantitative estimate of drug-likeness (QED) is 0.872. The minimum Gasteiger partial charge on any atom is -0.493 e. The monoisotopic (exact) mass is 344 g/mol. The lowest BCUT2D eigenvalue weighted by molar-refractivity contribution is -0.153. The number of aromatic nitrogens is 1. The third-order valence-corrected chi connectivity index (χ3v) is 2.87. The average Bonchev–Trinajstić information content (AvgIpc) is 2.99. The third kappa shape index (κ3) is 4.90. The van der Waals surface area contributed by atoms with Crippen LogP contribution in [0.2, 0.25) is 0 Å². The summed E-state index contributed by atoms with van der Waals surface area (Å²) in [6.45, 7) is 0.118. The number of hydrogen-bond acceptors (Lipinski definition) is 5. The molecule has 0 saturated carbocycles. The number of ether oxygens (including phenoxy) is 2. The van der Waals surface area contributed by atoms with Gasteiger partial charge in [0, 0.05) is 12.5 Å². The summed E-state index contributed by atoms with van der Waals surface area (Å²) in [6.07, 6.45) is -3.11. The van der Waals surface area contributed by atoms with Crippen LogP contribution in [0.4, 0.5) is 13.2 Å². The van der Waals surface area contributed by atoms with Crippen molar-refractivity contribution in [3.05, 3.63) is 30.2 Å². The molecule has 0 radical (unpaired) electrons. The number of rotatable bonds is 6. The second-order valence-corrected chi connectivity index (χ2v) is 4.82. The molecule has 0 aliphatic carbocycles. The first kappa shape index (κ1) is 17.6. The van der Waals surface area contributed by atoms with Crippen molar-refractivity contribution in [3.8, 4) is 23.0 Å². The van der Waals surface area contributed by atoms with Crippen molar-refractivity contribution in [1.29, 1.82) is 0 Å². The Labute approximate surface area is 135 Å². The first-order valence-electron chi connectivity index (χ1n) is 6.85. The van der Waals surface area contributed by atoms with Gasteiger partial charge in [-0.25, -0.2) is 4.98 Å². The summed E-state index contributed by atoms with van der Waals surface area (Å²) in [5.74, 6) is 0.0589. The Kier molecular flexibility index (Phi) is 5.32. The number of alkyl halides is 3. The van der Waals surface area contributed by atoms with E-state index >= 15 is 0 Å². The zero-order chi connectivity index (χ0) is 17.7. The largest absolute Gasteiger partial charge is 0.493 e. The molecule has 1 aromatic heterocycles. The summed E-state index contributed by atoms with van der Waals surface area (Å²) in [6, 6.07) is 4.38. The Bertz CT molecular complexity index is 713. The molecule has 0 fully saturated rings. The van der Waals surface area contributed by atoms with E-state index in [1.807, 2.05) is 0 Å². The van der Waals surface area contributed by atoms with E-state index in [-0.39, 0.29) is 29.8 Å². The SMILES string of the molecule is COc1ccc(-c2nc(CNC(C)=O)co2)cc1OCC(F)(F)F. The normalized spacial score (nSPS) is 11.2. The van der Waals surface area contributed by atoms with Gasteiger partial charge in [-0.05, 0) is 18.2 Å². The van der Waals surface area contributed by atoms with Crippen LogP contribution in [0.15, 0.2) is 28.9 Å². The molecule has 0 aliphatic heterocycles. The number of oxazole rings is 1. The van der Waals surface area contributed by atoms with Crippen LogP contribution in [0.5, 0.6) is 11.5 Å². The van der Waals surface area contributed by atoms with Crippen LogP contribution in [0.3, 0.4) is 0 Å². The van der Waals surface area contributed by atoms with Crippen molar-refractivity contribution in [2.24, 2.45) is 0 Å². The smallest absolute Gasteiger partial charge is 0.422 e. The van der Waals surface area contributed by atoms with E-state index in [2.05, 4.69) is 10.3 Å². The van der Waals surface area contributed by atoms with E-state index in [4.69, 9.17) is 13.9 Å².